The lowest BCUT2D eigenvalue weighted by Gasteiger charge is -2.12. The second-order valence-electron chi connectivity index (χ2n) is 4.76. The summed E-state index contributed by atoms with van der Waals surface area (Å²) in [5, 5.41) is 10.7. The highest BCUT2D eigenvalue weighted by atomic mass is 35.5. The van der Waals surface area contributed by atoms with Crippen molar-refractivity contribution in [3.05, 3.63) is 40.0 Å². The van der Waals surface area contributed by atoms with Crippen molar-refractivity contribution in [2.24, 2.45) is 0 Å². The quantitative estimate of drug-likeness (QED) is 0.801. The Kier molecular flexibility index (Phi) is 3.54. The highest BCUT2D eigenvalue weighted by Crippen LogP contribution is 2.28. The molecule has 0 N–H and O–H groups in total. The molecule has 3 heteroatoms. The van der Waals surface area contributed by atoms with E-state index in [0.717, 1.165) is 32.7 Å². The van der Waals surface area contributed by atoms with Gasteiger partial charge in [-0.3, -0.25) is 4.98 Å². The van der Waals surface area contributed by atoms with Crippen molar-refractivity contribution >= 4 is 22.5 Å². The minimum Gasteiger partial charge on any atom is -0.252 e. The van der Waals surface area contributed by atoms with E-state index in [9.17, 15) is 0 Å². The molecule has 0 fully saturated rings. The number of nitriles is 1. The summed E-state index contributed by atoms with van der Waals surface area (Å²) in [5.74, 6) is 0.338. The highest BCUT2D eigenvalue weighted by molar-refractivity contribution is 6.32. The molecule has 1 aromatic heterocycles. The second-order valence-corrected chi connectivity index (χ2v) is 5.17. The average Bonchev–Trinajstić information content (AvgIpc) is 2.34. The van der Waals surface area contributed by atoms with Gasteiger partial charge in [0.2, 0.25) is 0 Å². The van der Waals surface area contributed by atoms with E-state index in [1.54, 1.807) is 0 Å². The van der Waals surface area contributed by atoms with Crippen molar-refractivity contribution in [3.63, 3.8) is 0 Å². The van der Waals surface area contributed by atoms with Gasteiger partial charge >= 0.3 is 0 Å². The Hall–Kier alpha value is -1.59. The molecular weight excluding hydrogens is 244 g/mol. The first-order chi connectivity index (χ1) is 8.54. The van der Waals surface area contributed by atoms with Crippen molar-refractivity contribution in [1.29, 1.82) is 5.26 Å². The number of hydrogen-bond donors (Lipinski definition) is 0. The Morgan fingerprint density at radius 1 is 1.39 bits per heavy atom. The van der Waals surface area contributed by atoms with Crippen LogP contribution >= 0.6 is 11.6 Å². The van der Waals surface area contributed by atoms with Gasteiger partial charge in [-0.05, 0) is 36.1 Å². The van der Waals surface area contributed by atoms with Crippen LogP contribution in [0.25, 0.3) is 10.9 Å². The maximum atomic E-state index is 8.94. The standard InChI is InChI=1S/C15H15ClN2/c1-9(2)14-8-11(6-7-17)12-4-5-13(16)10(3)15(12)18-14/h4-5,8-9H,6H2,1-3H3. The molecule has 0 bridgehead atoms. The third kappa shape index (κ3) is 2.19. The van der Waals surface area contributed by atoms with Gasteiger partial charge in [0.05, 0.1) is 18.0 Å². The number of aromatic nitrogens is 1. The normalized spacial score (nSPS) is 10.9. The Bertz CT molecular complexity index is 639. The van der Waals surface area contributed by atoms with Crippen LogP contribution in [0.1, 0.15) is 36.6 Å². The molecule has 0 amide bonds. The molecule has 0 saturated heterocycles. The number of pyridine rings is 1. The largest absolute Gasteiger partial charge is 0.252 e. The summed E-state index contributed by atoms with van der Waals surface area (Å²) in [6.45, 7) is 6.17. The Morgan fingerprint density at radius 3 is 2.72 bits per heavy atom. The first-order valence-corrected chi connectivity index (χ1v) is 6.38. The molecule has 1 aromatic carbocycles. The summed E-state index contributed by atoms with van der Waals surface area (Å²) in [6.07, 6.45) is 0.403. The van der Waals surface area contributed by atoms with Gasteiger partial charge < -0.3 is 0 Å². The molecular formula is C15H15ClN2. The van der Waals surface area contributed by atoms with Gasteiger partial charge in [-0.1, -0.05) is 31.5 Å². The van der Waals surface area contributed by atoms with Gasteiger partial charge in [0, 0.05) is 16.1 Å². The zero-order valence-corrected chi connectivity index (χ0v) is 11.5. The van der Waals surface area contributed by atoms with Gasteiger partial charge in [0.1, 0.15) is 0 Å². The third-order valence-electron chi connectivity index (χ3n) is 3.13. The lowest BCUT2D eigenvalue weighted by molar-refractivity contribution is 0.827. The Labute approximate surface area is 112 Å². The molecule has 1 heterocycles. The molecule has 0 unspecified atom stereocenters. The van der Waals surface area contributed by atoms with E-state index in [4.69, 9.17) is 16.9 Å². The van der Waals surface area contributed by atoms with Crippen LogP contribution in [0.4, 0.5) is 0 Å². The molecule has 0 aliphatic heterocycles. The second kappa shape index (κ2) is 4.96. The predicted molar refractivity (Wildman–Crippen MR) is 74.9 cm³/mol. The number of aryl methyl sites for hydroxylation is 1. The molecule has 2 rings (SSSR count). The third-order valence-corrected chi connectivity index (χ3v) is 3.54. The zero-order valence-electron chi connectivity index (χ0n) is 10.8. The maximum Gasteiger partial charge on any atom is 0.0752 e. The van der Waals surface area contributed by atoms with E-state index in [0.29, 0.717) is 12.3 Å². The summed E-state index contributed by atoms with van der Waals surface area (Å²) in [4.78, 5) is 4.68. The number of benzene rings is 1. The molecule has 0 saturated carbocycles. The summed E-state index contributed by atoms with van der Waals surface area (Å²) < 4.78 is 0. The lowest BCUT2D eigenvalue weighted by atomic mass is 9.99. The smallest absolute Gasteiger partial charge is 0.0752 e. The predicted octanol–water partition coefficient (Wildman–Crippen LogP) is 4.39. The number of halogens is 1. The van der Waals surface area contributed by atoms with Crippen molar-refractivity contribution in [1.82, 2.24) is 4.98 Å². The summed E-state index contributed by atoms with van der Waals surface area (Å²) in [5.41, 5.74) is 3.94. The fourth-order valence-electron chi connectivity index (χ4n) is 2.02. The van der Waals surface area contributed by atoms with Crippen LogP contribution in [-0.2, 0) is 6.42 Å². The van der Waals surface area contributed by atoms with E-state index >= 15 is 0 Å². The van der Waals surface area contributed by atoms with Crippen LogP contribution in [0.2, 0.25) is 5.02 Å². The molecule has 2 nitrogen and oxygen atoms in total. The van der Waals surface area contributed by atoms with Crippen LogP contribution in [0.3, 0.4) is 0 Å². The van der Waals surface area contributed by atoms with E-state index in [1.807, 2.05) is 25.1 Å². The van der Waals surface area contributed by atoms with Crippen molar-refractivity contribution in [3.8, 4) is 6.07 Å². The molecule has 92 valence electrons. The summed E-state index contributed by atoms with van der Waals surface area (Å²) in [7, 11) is 0. The van der Waals surface area contributed by atoms with E-state index in [1.165, 1.54) is 0 Å². The molecule has 0 spiro atoms. The monoisotopic (exact) mass is 258 g/mol. The highest BCUT2D eigenvalue weighted by Gasteiger charge is 2.11. The van der Waals surface area contributed by atoms with Gasteiger partial charge in [-0.2, -0.15) is 5.26 Å². The SMILES string of the molecule is Cc1c(Cl)ccc2c(CC#N)cc(C(C)C)nc12. The molecule has 2 aromatic rings. The van der Waals surface area contributed by atoms with E-state index in [2.05, 4.69) is 24.9 Å². The minimum absolute atomic E-state index is 0.338. The first kappa shape index (κ1) is 12.9. The van der Waals surface area contributed by atoms with E-state index in [-0.39, 0.29) is 0 Å². The number of fused-ring (bicyclic) bond motifs is 1. The molecule has 0 atom stereocenters. The lowest BCUT2D eigenvalue weighted by Crippen LogP contribution is -1.98. The Morgan fingerprint density at radius 2 is 2.11 bits per heavy atom. The Balaban J connectivity index is 2.82. The van der Waals surface area contributed by atoms with Crippen LogP contribution in [-0.4, -0.2) is 4.98 Å². The van der Waals surface area contributed by atoms with Crippen molar-refractivity contribution in [2.75, 3.05) is 0 Å². The minimum atomic E-state index is 0.338. The van der Waals surface area contributed by atoms with Crippen LogP contribution in [0.5, 0.6) is 0 Å². The first-order valence-electron chi connectivity index (χ1n) is 6.00. The molecule has 0 aliphatic carbocycles. The summed E-state index contributed by atoms with van der Waals surface area (Å²) >= 11 is 6.14. The van der Waals surface area contributed by atoms with Crippen LogP contribution in [0, 0.1) is 18.3 Å². The number of rotatable bonds is 2. The number of nitrogens with zero attached hydrogens (tertiary/aromatic N) is 2. The topological polar surface area (TPSA) is 36.7 Å². The van der Waals surface area contributed by atoms with Gasteiger partial charge in [0.25, 0.3) is 0 Å². The van der Waals surface area contributed by atoms with Crippen molar-refractivity contribution < 1.29 is 0 Å². The van der Waals surface area contributed by atoms with Crippen LogP contribution in [0.15, 0.2) is 18.2 Å². The maximum absolute atomic E-state index is 8.94. The van der Waals surface area contributed by atoms with Crippen molar-refractivity contribution in [2.45, 2.75) is 33.1 Å². The molecule has 18 heavy (non-hydrogen) atoms. The number of hydrogen-bond acceptors (Lipinski definition) is 2. The van der Waals surface area contributed by atoms with E-state index < -0.39 is 0 Å². The fraction of sp³-hybridized carbons (Fsp3) is 0.333. The average molecular weight is 259 g/mol. The van der Waals surface area contributed by atoms with Gasteiger partial charge in [-0.15, -0.1) is 0 Å². The zero-order chi connectivity index (χ0) is 13.3. The molecule has 0 aliphatic rings. The fourth-order valence-corrected chi connectivity index (χ4v) is 2.18. The van der Waals surface area contributed by atoms with Gasteiger partial charge in [-0.25, -0.2) is 0 Å². The molecule has 0 radical (unpaired) electrons. The summed E-state index contributed by atoms with van der Waals surface area (Å²) in [6, 6.07) is 8.07. The van der Waals surface area contributed by atoms with Gasteiger partial charge in [0.15, 0.2) is 0 Å². The van der Waals surface area contributed by atoms with Crippen LogP contribution < -0.4 is 0 Å².